The summed E-state index contributed by atoms with van der Waals surface area (Å²) >= 11 is 7.65. The van der Waals surface area contributed by atoms with Gasteiger partial charge in [0.2, 0.25) is 11.8 Å². The Kier molecular flexibility index (Phi) is 12.8. The monoisotopic (exact) mass is 693 g/mol. The smallest absolute Gasteiger partial charge is 0.264 e. The molecule has 2 amide bonds. The quantitative estimate of drug-likeness (QED) is 0.137. The van der Waals surface area contributed by atoms with Gasteiger partial charge in [0, 0.05) is 28.9 Å². The molecule has 0 saturated carbocycles. The molecule has 1 unspecified atom stereocenters. The van der Waals surface area contributed by atoms with E-state index in [0.717, 1.165) is 20.3 Å². The number of halogens is 1. The molecule has 0 radical (unpaired) electrons. The number of hydrogen-bond acceptors (Lipinski definition) is 6. The van der Waals surface area contributed by atoms with Crippen molar-refractivity contribution in [3.8, 4) is 5.75 Å². The van der Waals surface area contributed by atoms with E-state index in [1.165, 1.54) is 28.8 Å². The number of carbonyl (C=O) groups excluding carboxylic acids is 2. The van der Waals surface area contributed by atoms with Crippen LogP contribution >= 0.6 is 23.4 Å². The van der Waals surface area contributed by atoms with Crippen molar-refractivity contribution in [2.75, 3.05) is 23.7 Å². The van der Waals surface area contributed by atoms with Crippen LogP contribution in [0.3, 0.4) is 0 Å². The van der Waals surface area contributed by atoms with Gasteiger partial charge in [-0.05, 0) is 98.8 Å². The van der Waals surface area contributed by atoms with E-state index in [2.05, 4.69) is 5.32 Å². The number of rotatable bonds is 15. The van der Waals surface area contributed by atoms with Gasteiger partial charge >= 0.3 is 0 Å². The second kappa shape index (κ2) is 16.7. The highest BCUT2D eigenvalue weighted by Crippen LogP contribution is 2.28. The summed E-state index contributed by atoms with van der Waals surface area (Å²) in [5, 5.41) is 3.49. The standard InChI is InChI=1S/C36H40ClN3O5S2/c1-5-45-31-17-15-30(16-18-31)40(47(43,44)33-21-19-32(46-4)20-22-33)25-35(41)39(24-28-11-13-29(37)14-12-28)34(36(42)38-26(2)3)23-27-9-7-6-8-10-27/h6-22,26,34H,5,23-25H2,1-4H3,(H,38,42). The van der Waals surface area contributed by atoms with Gasteiger partial charge in [-0.25, -0.2) is 8.42 Å². The Bertz CT molecular complexity index is 1720. The molecule has 4 rings (SSSR count). The molecule has 1 N–H and O–H groups in total. The first-order chi connectivity index (χ1) is 22.5. The first kappa shape index (κ1) is 35.9. The molecule has 4 aromatic rings. The van der Waals surface area contributed by atoms with Gasteiger partial charge in [0.15, 0.2) is 0 Å². The lowest BCUT2D eigenvalue weighted by Crippen LogP contribution is -2.54. The Morgan fingerprint density at radius 3 is 2.09 bits per heavy atom. The van der Waals surface area contributed by atoms with Crippen molar-refractivity contribution in [2.45, 2.75) is 55.6 Å². The van der Waals surface area contributed by atoms with E-state index in [9.17, 15) is 18.0 Å². The summed E-state index contributed by atoms with van der Waals surface area (Å²) in [5.41, 5.74) is 1.88. The number of thioether (sulfide) groups is 1. The van der Waals surface area contributed by atoms with Crippen molar-refractivity contribution in [3.63, 3.8) is 0 Å². The highest BCUT2D eigenvalue weighted by atomic mass is 35.5. The van der Waals surface area contributed by atoms with Crippen LogP contribution in [0.1, 0.15) is 31.9 Å². The van der Waals surface area contributed by atoms with Gasteiger partial charge in [-0.1, -0.05) is 54.1 Å². The third kappa shape index (κ3) is 9.76. The summed E-state index contributed by atoms with van der Waals surface area (Å²) in [7, 11) is -4.22. The lowest BCUT2D eigenvalue weighted by Gasteiger charge is -2.34. The Morgan fingerprint density at radius 1 is 0.872 bits per heavy atom. The predicted molar refractivity (Wildman–Crippen MR) is 190 cm³/mol. The largest absolute Gasteiger partial charge is 0.494 e. The van der Waals surface area contributed by atoms with Crippen molar-refractivity contribution >= 4 is 50.9 Å². The second-order valence-electron chi connectivity index (χ2n) is 11.1. The minimum absolute atomic E-state index is 0.0413. The maximum atomic E-state index is 14.6. The van der Waals surface area contributed by atoms with Gasteiger partial charge in [0.1, 0.15) is 18.3 Å². The number of anilines is 1. The van der Waals surface area contributed by atoms with E-state index in [1.54, 1.807) is 60.7 Å². The number of ether oxygens (including phenoxy) is 1. The zero-order chi connectivity index (χ0) is 34.0. The molecule has 0 aliphatic carbocycles. The lowest BCUT2D eigenvalue weighted by atomic mass is 10.0. The number of amides is 2. The molecular formula is C36H40ClN3O5S2. The third-order valence-electron chi connectivity index (χ3n) is 7.33. The van der Waals surface area contributed by atoms with Crippen LogP contribution in [0.15, 0.2) is 113 Å². The molecule has 0 bridgehead atoms. The molecule has 0 saturated heterocycles. The van der Waals surface area contributed by atoms with Crippen molar-refractivity contribution in [2.24, 2.45) is 0 Å². The molecule has 0 aliphatic rings. The average molecular weight is 694 g/mol. The predicted octanol–water partition coefficient (Wildman–Crippen LogP) is 6.82. The highest BCUT2D eigenvalue weighted by molar-refractivity contribution is 7.98. The molecule has 0 fully saturated rings. The van der Waals surface area contributed by atoms with Gasteiger partial charge in [-0.15, -0.1) is 11.8 Å². The van der Waals surface area contributed by atoms with Crippen LogP contribution in [0, 0.1) is 0 Å². The fraction of sp³-hybridized carbons (Fsp3) is 0.278. The van der Waals surface area contributed by atoms with Crippen LogP contribution < -0.4 is 14.4 Å². The van der Waals surface area contributed by atoms with Gasteiger partial charge < -0.3 is 15.0 Å². The highest BCUT2D eigenvalue weighted by Gasteiger charge is 2.35. The number of nitrogens with one attached hydrogen (secondary N) is 1. The molecule has 0 heterocycles. The first-order valence-corrected chi connectivity index (χ1v) is 18.3. The van der Waals surface area contributed by atoms with Crippen molar-refractivity contribution in [1.29, 1.82) is 0 Å². The Balaban J connectivity index is 1.80. The van der Waals surface area contributed by atoms with E-state index >= 15 is 0 Å². The van der Waals surface area contributed by atoms with Crippen LogP contribution in [0.5, 0.6) is 5.75 Å². The van der Waals surface area contributed by atoms with Crippen LogP contribution in [-0.4, -0.2) is 56.6 Å². The van der Waals surface area contributed by atoms with Crippen molar-refractivity contribution < 1.29 is 22.7 Å². The normalized spacial score (nSPS) is 12.0. The number of hydrogen-bond donors (Lipinski definition) is 1. The van der Waals surface area contributed by atoms with E-state index < -0.39 is 28.5 Å². The molecule has 8 nitrogen and oxygen atoms in total. The summed E-state index contributed by atoms with van der Waals surface area (Å²) in [6, 6.07) is 28.4. The molecule has 4 aromatic carbocycles. The molecular weight excluding hydrogens is 654 g/mol. The van der Waals surface area contributed by atoms with Crippen LogP contribution in [0.4, 0.5) is 5.69 Å². The number of carbonyl (C=O) groups is 2. The summed E-state index contributed by atoms with van der Waals surface area (Å²) < 4.78 is 35.2. The molecule has 1 atom stereocenters. The van der Waals surface area contributed by atoms with E-state index in [0.29, 0.717) is 17.4 Å². The van der Waals surface area contributed by atoms with Crippen LogP contribution in [0.2, 0.25) is 5.02 Å². The molecule has 47 heavy (non-hydrogen) atoms. The number of nitrogens with zero attached hydrogens (tertiary/aromatic N) is 2. The van der Waals surface area contributed by atoms with Gasteiger partial charge in [0.05, 0.1) is 17.2 Å². The summed E-state index contributed by atoms with van der Waals surface area (Å²) in [6.07, 6.45) is 2.13. The van der Waals surface area contributed by atoms with Crippen LogP contribution in [-0.2, 0) is 32.6 Å². The summed E-state index contributed by atoms with van der Waals surface area (Å²) in [4.78, 5) is 30.8. The maximum Gasteiger partial charge on any atom is 0.264 e. The zero-order valence-corrected chi connectivity index (χ0v) is 29.3. The average Bonchev–Trinajstić information content (AvgIpc) is 3.06. The minimum atomic E-state index is -4.22. The Labute approximate surface area is 287 Å². The summed E-state index contributed by atoms with van der Waals surface area (Å²) in [5.74, 6) is -0.311. The first-order valence-electron chi connectivity index (χ1n) is 15.3. The third-order valence-corrected chi connectivity index (χ3v) is 10.1. The maximum absolute atomic E-state index is 14.6. The number of sulfonamides is 1. The fourth-order valence-corrected chi connectivity index (χ4v) is 6.95. The van der Waals surface area contributed by atoms with Crippen molar-refractivity contribution in [1.82, 2.24) is 10.2 Å². The van der Waals surface area contributed by atoms with E-state index in [1.807, 2.05) is 57.4 Å². The van der Waals surface area contributed by atoms with Gasteiger partial charge in [0.25, 0.3) is 10.0 Å². The topological polar surface area (TPSA) is 96.0 Å². The van der Waals surface area contributed by atoms with Gasteiger partial charge in [-0.3, -0.25) is 13.9 Å². The molecule has 0 aromatic heterocycles. The Morgan fingerprint density at radius 2 is 1.51 bits per heavy atom. The molecule has 0 spiro atoms. The zero-order valence-electron chi connectivity index (χ0n) is 26.9. The minimum Gasteiger partial charge on any atom is -0.494 e. The fourth-order valence-electron chi connectivity index (χ4n) is 5.00. The van der Waals surface area contributed by atoms with Crippen LogP contribution in [0.25, 0.3) is 0 Å². The lowest BCUT2D eigenvalue weighted by molar-refractivity contribution is -0.140. The van der Waals surface area contributed by atoms with Crippen molar-refractivity contribution in [3.05, 3.63) is 119 Å². The summed E-state index contributed by atoms with van der Waals surface area (Å²) in [6.45, 7) is 5.52. The second-order valence-corrected chi connectivity index (χ2v) is 14.3. The van der Waals surface area contributed by atoms with E-state index in [4.69, 9.17) is 16.3 Å². The Hall–Kier alpha value is -3.99. The van der Waals surface area contributed by atoms with E-state index in [-0.39, 0.29) is 35.5 Å². The van der Waals surface area contributed by atoms with Gasteiger partial charge in [-0.2, -0.15) is 0 Å². The molecule has 248 valence electrons. The molecule has 0 aliphatic heterocycles. The SMILES string of the molecule is CCOc1ccc(N(CC(=O)N(Cc2ccc(Cl)cc2)C(Cc2ccccc2)C(=O)NC(C)C)S(=O)(=O)c2ccc(SC)cc2)cc1. The number of benzene rings is 4. The molecule has 11 heteroatoms.